The van der Waals surface area contributed by atoms with Crippen LogP contribution in [0.25, 0.3) is 40.3 Å². The second kappa shape index (κ2) is 11.7. The van der Waals surface area contributed by atoms with Crippen LogP contribution in [0.3, 0.4) is 0 Å². The molecule has 0 bridgehead atoms. The normalized spacial score (nSPS) is 11.0. The quantitative estimate of drug-likeness (QED) is 0.0977. The van der Waals surface area contributed by atoms with Gasteiger partial charge in [-0.25, -0.2) is 19.2 Å². The van der Waals surface area contributed by atoms with Crippen molar-refractivity contribution >= 4 is 110 Å². The van der Waals surface area contributed by atoms with Crippen molar-refractivity contribution in [1.82, 2.24) is 0 Å². The number of aromatic carboxylic acids is 4. The number of nitro groups is 2. The molecule has 232 valence electrons. The zero-order valence-corrected chi connectivity index (χ0v) is 25.2. The summed E-state index contributed by atoms with van der Waals surface area (Å²) in [4.78, 5) is 65.5. The van der Waals surface area contributed by atoms with Gasteiger partial charge < -0.3 is 20.4 Å². The highest BCUT2D eigenvalue weighted by atomic mass is 35.5. The second-order valence-corrected chi connectivity index (χ2v) is 12.2. The lowest BCUT2D eigenvalue weighted by Gasteiger charge is -2.02. The number of benzene rings is 4. The van der Waals surface area contributed by atoms with Crippen LogP contribution in [0, 0.1) is 27.2 Å². The van der Waals surface area contributed by atoms with Crippen LogP contribution in [-0.2, 0) is 0 Å². The van der Waals surface area contributed by atoms with Gasteiger partial charge in [0, 0.05) is 52.5 Å². The first-order valence-corrected chi connectivity index (χ1v) is 14.5. The maximum Gasteiger partial charge on any atom is 0.342 e. The molecule has 0 aliphatic carbocycles. The first-order valence-electron chi connectivity index (χ1n) is 12.5. The van der Waals surface area contributed by atoms with Crippen LogP contribution >= 0.6 is 34.3 Å². The fraction of sp³-hybridized carbons (Fsp3) is 0.0345. The minimum Gasteiger partial charge on any atom is -0.478 e. The highest BCUT2D eigenvalue weighted by molar-refractivity contribution is 7.26. The highest BCUT2D eigenvalue weighted by Gasteiger charge is 2.25. The molecule has 4 aromatic carbocycles. The number of fused-ring (bicyclic) bond motifs is 6. The van der Waals surface area contributed by atoms with Crippen molar-refractivity contribution in [3.8, 4) is 0 Å². The molecule has 0 aliphatic heterocycles. The van der Waals surface area contributed by atoms with Crippen molar-refractivity contribution in [1.29, 1.82) is 0 Å². The lowest BCUT2D eigenvalue weighted by atomic mass is 10.0. The van der Waals surface area contributed by atoms with Gasteiger partial charge in [-0.1, -0.05) is 11.6 Å². The smallest absolute Gasteiger partial charge is 0.342 e. The van der Waals surface area contributed by atoms with Crippen molar-refractivity contribution in [2.45, 2.75) is 6.92 Å². The lowest BCUT2D eigenvalue weighted by Crippen LogP contribution is -2.02. The predicted octanol–water partition coefficient (Wildman–Crippen LogP) is 7.68. The molecule has 0 saturated heterocycles. The van der Waals surface area contributed by atoms with Gasteiger partial charge in [0.2, 0.25) is 0 Å². The van der Waals surface area contributed by atoms with Crippen LogP contribution < -0.4 is 0 Å². The maximum atomic E-state index is 11.3. The SMILES string of the molecule is Cc1cc2sc3cc([N+](=O)[O-])c(C(=O)O)cc3c2cc1C(=O)O.O=C(O)c1cc2c(cc1Cl)sc1cc([N+](=O)[O-])c(C(=O)O)cc12. The summed E-state index contributed by atoms with van der Waals surface area (Å²) in [5.41, 5.74) is -1.28. The van der Waals surface area contributed by atoms with E-state index in [9.17, 15) is 49.6 Å². The number of carboxylic acid groups (broad SMARTS) is 4. The zero-order valence-electron chi connectivity index (χ0n) is 22.8. The Labute approximate surface area is 267 Å². The number of nitrogens with zero attached hydrogens (tertiary/aromatic N) is 2. The number of nitro benzene ring substituents is 2. The predicted molar refractivity (Wildman–Crippen MR) is 170 cm³/mol. The Kier molecular flexibility index (Phi) is 8.04. The van der Waals surface area contributed by atoms with Crippen molar-refractivity contribution < 1.29 is 49.5 Å². The molecule has 17 heteroatoms. The summed E-state index contributed by atoms with van der Waals surface area (Å²) in [6.07, 6.45) is 0. The Balaban J connectivity index is 0.000000181. The summed E-state index contributed by atoms with van der Waals surface area (Å²) in [5, 5.41) is 60.8. The third kappa shape index (κ3) is 5.51. The van der Waals surface area contributed by atoms with Crippen molar-refractivity contribution in [3.63, 3.8) is 0 Å². The number of carboxylic acids is 4. The van der Waals surface area contributed by atoms with Crippen molar-refractivity contribution in [2.75, 3.05) is 0 Å². The Bertz CT molecular complexity index is 2210. The molecule has 2 heterocycles. The van der Waals surface area contributed by atoms with E-state index in [0.717, 1.165) is 4.70 Å². The molecular weight excluding hydrogens is 668 g/mol. The molecule has 0 saturated carbocycles. The van der Waals surface area contributed by atoms with Gasteiger partial charge in [-0.15, -0.1) is 22.7 Å². The molecule has 0 amide bonds. The number of thiophene rings is 2. The third-order valence-corrected chi connectivity index (χ3v) is 9.47. The Morgan fingerprint density at radius 2 is 0.891 bits per heavy atom. The van der Waals surface area contributed by atoms with Crippen LogP contribution in [0.5, 0.6) is 0 Å². The molecule has 6 rings (SSSR count). The van der Waals surface area contributed by atoms with Gasteiger partial charge in [0.05, 0.1) is 26.0 Å². The molecule has 0 atom stereocenters. The van der Waals surface area contributed by atoms with Gasteiger partial charge in [0.1, 0.15) is 11.1 Å². The first-order chi connectivity index (χ1) is 21.6. The van der Waals surface area contributed by atoms with E-state index in [0.29, 0.717) is 41.2 Å². The van der Waals surface area contributed by atoms with Gasteiger partial charge in [-0.2, -0.15) is 0 Å². The number of hydrogen-bond donors (Lipinski definition) is 4. The Morgan fingerprint density at radius 3 is 1.26 bits per heavy atom. The molecule has 0 aliphatic rings. The van der Waals surface area contributed by atoms with Crippen molar-refractivity contribution in [3.05, 3.63) is 102 Å². The van der Waals surface area contributed by atoms with Gasteiger partial charge in [-0.3, -0.25) is 20.2 Å². The van der Waals surface area contributed by atoms with Gasteiger partial charge >= 0.3 is 23.9 Å². The summed E-state index contributed by atoms with van der Waals surface area (Å²) in [6.45, 7) is 1.67. The number of aryl methyl sites for hydroxylation is 1. The van der Waals surface area contributed by atoms with E-state index in [1.54, 1.807) is 13.0 Å². The van der Waals surface area contributed by atoms with Crippen LogP contribution in [0.2, 0.25) is 5.02 Å². The summed E-state index contributed by atoms with van der Waals surface area (Å²) < 4.78 is 2.39. The number of rotatable bonds is 6. The summed E-state index contributed by atoms with van der Waals surface area (Å²) in [6, 6.07) is 10.8. The van der Waals surface area contributed by atoms with E-state index in [1.165, 1.54) is 65.1 Å². The highest BCUT2D eigenvalue weighted by Crippen LogP contribution is 2.41. The van der Waals surface area contributed by atoms with E-state index in [-0.39, 0.29) is 16.1 Å². The number of hydrogen-bond acceptors (Lipinski definition) is 10. The summed E-state index contributed by atoms with van der Waals surface area (Å²) in [7, 11) is 0. The van der Waals surface area contributed by atoms with E-state index >= 15 is 0 Å². The zero-order chi connectivity index (χ0) is 33.8. The fourth-order valence-corrected chi connectivity index (χ4v) is 7.48. The summed E-state index contributed by atoms with van der Waals surface area (Å²) >= 11 is 8.34. The average molecular weight is 683 g/mol. The molecular formula is C29H15ClN2O12S2. The topological polar surface area (TPSA) is 235 Å². The van der Waals surface area contributed by atoms with Crippen molar-refractivity contribution in [2.24, 2.45) is 0 Å². The largest absolute Gasteiger partial charge is 0.478 e. The molecule has 0 spiro atoms. The average Bonchev–Trinajstić information content (AvgIpc) is 3.50. The molecule has 6 aromatic rings. The van der Waals surface area contributed by atoms with Gasteiger partial charge in [0.25, 0.3) is 11.4 Å². The second-order valence-electron chi connectivity index (χ2n) is 9.66. The van der Waals surface area contributed by atoms with E-state index in [1.807, 2.05) is 0 Å². The van der Waals surface area contributed by atoms with Crippen LogP contribution in [0.1, 0.15) is 47.0 Å². The molecule has 0 radical (unpaired) electrons. The number of halogens is 1. The fourth-order valence-electron chi connectivity index (χ4n) is 4.83. The Morgan fingerprint density at radius 1 is 0.565 bits per heavy atom. The maximum absolute atomic E-state index is 11.3. The lowest BCUT2D eigenvalue weighted by molar-refractivity contribution is -0.385. The van der Waals surface area contributed by atoms with Crippen LogP contribution in [-0.4, -0.2) is 54.1 Å². The van der Waals surface area contributed by atoms with E-state index in [4.69, 9.17) is 21.8 Å². The summed E-state index contributed by atoms with van der Waals surface area (Å²) in [5.74, 6) is -5.12. The molecule has 0 fully saturated rings. The molecule has 46 heavy (non-hydrogen) atoms. The van der Waals surface area contributed by atoms with E-state index in [2.05, 4.69) is 0 Å². The van der Waals surface area contributed by atoms with Crippen LogP contribution in [0.15, 0.2) is 48.5 Å². The minimum absolute atomic E-state index is 0.0458. The first kappa shape index (κ1) is 31.7. The van der Waals surface area contributed by atoms with Crippen LogP contribution in [0.4, 0.5) is 11.4 Å². The monoisotopic (exact) mass is 682 g/mol. The van der Waals surface area contributed by atoms with E-state index < -0.39 is 56.2 Å². The molecule has 2 aromatic heterocycles. The third-order valence-electron chi connectivity index (χ3n) is 6.93. The molecule has 4 N–H and O–H groups in total. The standard InChI is InChI=1S/C15H9NO6S.C14H6ClNO6S/c1-6-2-12-8(3-7(6)14(17)18)9-4-10(15(19)20)11(16(21)22)5-13(9)23-12;15-9-3-11-5(1-7(9)13(17)18)6-2-8(14(19)20)10(16(21)22)4-12(6)23-11/h2-5H,1H3,(H,17,18)(H,19,20);1-4H,(H,17,18)(H,19,20). The molecule has 14 nitrogen and oxygen atoms in total. The number of carbonyl (C=O) groups is 4. The van der Waals surface area contributed by atoms with Gasteiger partial charge in [-0.05, 0) is 48.9 Å². The Hall–Kier alpha value is -5.71. The van der Waals surface area contributed by atoms with Gasteiger partial charge in [0.15, 0.2) is 0 Å². The minimum atomic E-state index is -1.43. The molecule has 0 unspecified atom stereocenters.